The van der Waals surface area contributed by atoms with Gasteiger partial charge >= 0.3 is 0 Å². The zero-order valence-electron chi connectivity index (χ0n) is 9.83. The quantitative estimate of drug-likeness (QED) is 0.752. The number of hydrogen-bond donors (Lipinski definition) is 1. The van der Waals surface area contributed by atoms with Crippen molar-refractivity contribution in [3.8, 4) is 0 Å². The number of halogens is 2. The number of hydrogen-bond acceptors (Lipinski definition) is 1. The normalized spacial score (nSPS) is 19.9. The van der Waals surface area contributed by atoms with E-state index >= 15 is 0 Å². The van der Waals surface area contributed by atoms with Crippen LogP contribution in [0.5, 0.6) is 0 Å². The van der Waals surface area contributed by atoms with Crippen LogP contribution in [0, 0.1) is 5.92 Å². The van der Waals surface area contributed by atoms with Gasteiger partial charge in [0.05, 0.1) is 6.10 Å². The summed E-state index contributed by atoms with van der Waals surface area (Å²) in [5.74, 6) is 0.301. The van der Waals surface area contributed by atoms with Crippen molar-refractivity contribution in [1.82, 2.24) is 0 Å². The molecule has 1 atom stereocenters. The van der Waals surface area contributed by atoms with Crippen molar-refractivity contribution >= 4 is 23.2 Å². The van der Waals surface area contributed by atoms with Crippen molar-refractivity contribution in [1.29, 1.82) is 0 Å². The van der Waals surface area contributed by atoms with E-state index in [1.54, 1.807) is 12.1 Å². The summed E-state index contributed by atoms with van der Waals surface area (Å²) in [6, 6.07) is 5.40. The SMILES string of the molecule is OC(c1c(Cl)cccc1Cl)C1CCCCCC1. The molecule has 1 aromatic carbocycles. The van der Waals surface area contributed by atoms with Crippen LogP contribution in [-0.4, -0.2) is 5.11 Å². The zero-order valence-corrected chi connectivity index (χ0v) is 11.3. The van der Waals surface area contributed by atoms with Crippen LogP contribution in [0.25, 0.3) is 0 Å². The molecule has 17 heavy (non-hydrogen) atoms. The van der Waals surface area contributed by atoms with Crippen molar-refractivity contribution in [3.05, 3.63) is 33.8 Å². The van der Waals surface area contributed by atoms with E-state index in [9.17, 15) is 5.11 Å². The monoisotopic (exact) mass is 272 g/mol. The molecule has 0 bridgehead atoms. The van der Waals surface area contributed by atoms with Crippen molar-refractivity contribution in [2.45, 2.75) is 44.6 Å². The second-order valence-corrected chi connectivity index (χ2v) is 5.65. The predicted molar refractivity (Wildman–Crippen MR) is 72.6 cm³/mol. The lowest BCUT2D eigenvalue weighted by Gasteiger charge is -2.23. The number of aliphatic hydroxyl groups is 1. The summed E-state index contributed by atoms with van der Waals surface area (Å²) in [4.78, 5) is 0. The fraction of sp³-hybridized carbons (Fsp3) is 0.571. The molecule has 1 unspecified atom stereocenters. The molecule has 1 nitrogen and oxygen atoms in total. The second-order valence-electron chi connectivity index (χ2n) is 4.83. The van der Waals surface area contributed by atoms with Gasteiger partial charge in [-0.25, -0.2) is 0 Å². The van der Waals surface area contributed by atoms with Gasteiger partial charge < -0.3 is 5.11 Å². The van der Waals surface area contributed by atoms with Gasteiger partial charge in [0, 0.05) is 15.6 Å². The number of benzene rings is 1. The molecule has 0 saturated heterocycles. The Morgan fingerprint density at radius 3 is 2.06 bits per heavy atom. The molecule has 2 rings (SSSR count). The van der Waals surface area contributed by atoms with E-state index < -0.39 is 6.10 Å². The molecule has 1 aliphatic carbocycles. The smallest absolute Gasteiger partial charge is 0.0847 e. The maximum absolute atomic E-state index is 10.5. The molecule has 94 valence electrons. The van der Waals surface area contributed by atoms with Gasteiger partial charge in [-0.05, 0) is 30.9 Å². The first-order valence-electron chi connectivity index (χ1n) is 6.32. The minimum Gasteiger partial charge on any atom is -0.388 e. The third-order valence-electron chi connectivity index (χ3n) is 3.64. The van der Waals surface area contributed by atoms with Crippen LogP contribution in [0.15, 0.2) is 18.2 Å². The van der Waals surface area contributed by atoms with Crippen molar-refractivity contribution in [2.24, 2.45) is 5.92 Å². The molecule has 0 aliphatic heterocycles. The summed E-state index contributed by atoms with van der Waals surface area (Å²) in [5.41, 5.74) is 0.711. The Labute approximate surface area is 113 Å². The van der Waals surface area contributed by atoms with Gasteiger partial charge in [-0.1, -0.05) is 55.0 Å². The Kier molecular flexibility index (Phi) is 4.72. The molecule has 1 N–H and O–H groups in total. The highest BCUT2D eigenvalue weighted by molar-refractivity contribution is 6.36. The fourth-order valence-corrected chi connectivity index (χ4v) is 3.28. The van der Waals surface area contributed by atoms with Crippen molar-refractivity contribution in [3.63, 3.8) is 0 Å². The first kappa shape index (κ1) is 13.2. The summed E-state index contributed by atoms with van der Waals surface area (Å²) in [6.45, 7) is 0. The van der Waals surface area contributed by atoms with Crippen LogP contribution in [0.1, 0.15) is 50.2 Å². The van der Waals surface area contributed by atoms with E-state index in [4.69, 9.17) is 23.2 Å². The summed E-state index contributed by atoms with van der Waals surface area (Å²) >= 11 is 12.3. The standard InChI is InChI=1S/C14H18Cl2O/c15-11-8-5-9-12(16)13(11)14(17)10-6-3-1-2-4-7-10/h5,8-10,14,17H,1-4,6-7H2. The van der Waals surface area contributed by atoms with Crippen LogP contribution >= 0.6 is 23.2 Å². The van der Waals surface area contributed by atoms with Gasteiger partial charge in [-0.3, -0.25) is 0 Å². The average Bonchev–Trinajstić information content (AvgIpc) is 2.57. The van der Waals surface area contributed by atoms with E-state index in [1.807, 2.05) is 6.07 Å². The van der Waals surface area contributed by atoms with E-state index in [0.717, 1.165) is 12.8 Å². The molecule has 1 saturated carbocycles. The topological polar surface area (TPSA) is 20.2 Å². The van der Waals surface area contributed by atoms with E-state index in [-0.39, 0.29) is 0 Å². The lowest BCUT2D eigenvalue weighted by molar-refractivity contribution is 0.0990. The molecule has 1 aromatic rings. The molecule has 0 amide bonds. The van der Waals surface area contributed by atoms with Crippen LogP contribution in [0.4, 0.5) is 0 Å². The largest absolute Gasteiger partial charge is 0.388 e. The maximum Gasteiger partial charge on any atom is 0.0847 e. The maximum atomic E-state index is 10.5. The Morgan fingerprint density at radius 1 is 1.00 bits per heavy atom. The summed E-state index contributed by atoms with van der Waals surface area (Å²) in [5, 5.41) is 11.6. The average molecular weight is 273 g/mol. The van der Waals surface area contributed by atoms with Crippen molar-refractivity contribution < 1.29 is 5.11 Å². The zero-order chi connectivity index (χ0) is 12.3. The molecular formula is C14H18Cl2O. The third kappa shape index (κ3) is 3.15. The fourth-order valence-electron chi connectivity index (χ4n) is 2.66. The summed E-state index contributed by atoms with van der Waals surface area (Å²) in [6.07, 6.45) is 6.58. The molecule has 0 radical (unpaired) electrons. The minimum atomic E-state index is -0.519. The highest BCUT2D eigenvalue weighted by Gasteiger charge is 2.25. The first-order chi connectivity index (χ1) is 8.20. The van der Waals surface area contributed by atoms with Gasteiger partial charge in [0.25, 0.3) is 0 Å². The van der Waals surface area contributed by atoms with Gasteiger partial charge in [0.15, 0.2) is 0 Å². The van der Waals surface area contributed by atoms with Crippen LogP contribution in [0.3, 0.4) is 0 Å². The first-order valence-corrected chi connectivity index (χ1v) is 7.07. The molecule has 0 heterocycles. The van der Waals surface area contributed by atoms with Gasteiger partial charge in [-0.15, -0.1) is 0 Å². The van der Waals surface area contributed by atoms with Crippen LogP contribution in [-0.2, 0) is 0 Å². The Hall–Kier alpha value is -0.240. The molecule has 1 aliphatic rings. The van der Waals surface area contributed by atoms with Crippen LogP contribution < -0.4 is 0 Å². The number of aliphatic hydroxyl groups excluding tert-OH is 1. The molecular weight excluding hydrogens is 255 g/mol. The lowest BCUT2D eigenvalue weighted by Crippen LogP contribution is -2.13. The summed E-state index contributed by atoms with van der Waals surface area (Å²) in [7, 11) is 0. The van der Waals surface area contributed by atoms with E-state index in [2.05, 4.69) is 0 Å². The van der Waals surface area contributed by atoms with Gasteiger partial charge in [0.1, 0.15) is 0 Å². The van der Waals surface area contributed by atoms with E-state index in [0.29, 0.717) is 21.5 Å². The number of rotatable bonds is 2. The van der Waals surface area contributed by atoms with Crippen LogP contribution in [0.2, 0.25) is 10.0 Å². The van der Waals surface area contributed by atoms with Crippen molar-refractivity contribution in [2.75, 3.05) is 0 Å². The Bertz CT molecular complexity index is 350. The van der Waals surface area contributed by atoms with Gasteiger partial charge in [0.2, 0.25) is 0 Å². The molecule has 3 heteroatoms. The second kappa shape index (κ2) is 6.08. The molecule has 0 aromatic heterocycles. The summed E-state index contributed by atoms with van der Waals surface area (Å²) < 4.78 is 0. The molecule has 1 fully saturated rings. The third-order valence-corrected chi connectivity index (χ3v) is 4.30. The lowest BCUT2D eigenvalue weighted by atomic mass is 9.89. The van der Waals surface area contributed by atoms with E-state index in [1.165, 1.54) is 25.7 Å². The van der Waals surface area contributed by atoms with Gasteiger partial charge in [-0.2, -0.15) is 0 Å². The Balaban J connectivity index is 2.20. The minimum absolute atomic E-state index is 0.301. The molecule has 0 spiro atoms. The highest BCUT2D eigenvalue weighted by Crippen LogP contribution is 2.39. The highest BCUT2D eigenvalue weighted by atomic mass is 35.5. The predicted octanol–water partition coefficient (Wildman–Crippen LogP) is 5.00. The Morgan fingerprint density at radius 2 is 1.53 bits per heavy atom.